The molecule has 3 heterocycles. The predicted molar refractivity (Wildman–Crippen MR) is 160 cm³/mol. The summed E-state index contributed by atoms with van der Waals surface area (Å²) in [5, 5.41) is 2.06. The lowest BCUT2D eigenvalue weighted by Crippen LogP contribution is -2.11. The zero-order chi connectivity index (χ0) is 26.7. The fourth-order valence-corrected chi connectivity index (χ4v) is 5.45. The Morgan fingerprint density at radius 3 is 2.28 bits per heavy atom. The molecule has 0 fully saturated rings. The predicted octanol–water partition coefficient (Wildman–Crippen LogP) is 9.26. The van der Waals surface area contributed by atoms with Gasteiger partial charge in [0.05, 0.1) is 22.0 Å². The molecule has 0 amide bonds. The van der Waals surface area contributed by atoms with Crippen molar-refractivity contribution in [3.63, 3.8) is 0 Å². The highest BCUT2D eigenvalue weighted by Gasteiger charge is 2.22. The maximum atomic E-state index is 6.51. The molecule has 4 heteroatoms. The van der Waals surface area contributed by atoms with Gasteiger partial charge in [-0.2, -0.15) is 0 Å². The van der Waals surface area contributed by atoms with Crippen LogP contribution in [0, 0.1) is 6.92 Å². The van der Waals surface area contributed by atoms with Crippen molar-refractivity contribution >= 4 is 33.1 Å². The number of para-hydroxylation sites is 3. The maximum absolute atomic E-state index is 6.51. The van der Waals surface area contributed by atoms with E-state index >= 15 is 0 Å². The number of fused-ring (bicyclic) bond motifs is 4. The van der Waals surface area contributed by atoms with Crippen molar-refractivity contribution in [1.29, 1.82) is 0 Å². The molecule has 0 unspecified atom stereocenters. The highest BCUT2D eigenvalue weighted by molar-refractivity contribution is 6.14. The lowest BCUT2D eigenvalue weighted by molar-refractivity contribution is 0.590. The van der Waals surface area contributed by atoms with Crippen LogP contribution < -0.4 is 0 Å². The van der Waals surface area contributed by atoms with Gasteiger partial charge in [0.1, 0.15) is 11.4 Å². The fraction of sp³-hybridized carbons (Fsp3) is 0.143. The Balaban J connectivity index is 1.49. The number of benzene rings is 4. The van der Waals surface area contributed by atoms with Gasteiger partial charge in [0.25, 0.3) is 0 Å². The second kappa shape index (κ2) is 8.67. The fourth-order valence-electron chi connectivity index (χ4n) is 5.45. The minimum absolute atomic E-state index is 0.0837. The number of aryl methyl sites for hydroxylation is 1. The van der Waals surface area contributed by atoms with E-state index in [-0.39, 0.29) is 5.41 Å². The van der Waals surface area contributed by atoms with E-state index in [1.165, 1.54) is 11.1 Å². The van der Waals surface area contributed by atoms with Crippen molar-refractivity contribution in [3.05, 3.63) is 114 Å². The molecule has 0 aliphatic carbocycles. The number of furan rings is 1. The third kappa shape index (κ3) is 3.83. The summed E-state index contributed by atoms with van der Waals surface area (Å²) in [7, 11) is 0. The summed E-state index contributed by atoms with van der Waals surface area (Å²) in [4.78, 5) is 9.74. The molecule has 3 aromatic heterocycles. The molecule has 0 atom stereocenters. The summed E-state index contributed by atoms with van der Waals surface area (Å²) in [5.74, 6) is 0.848. The van der Waals surface area contributed by atoms with E-state index in [9.17, 15) is 0 Å². The molecule has 0 saturated carbocycles. The third-order valence-electron chi connectivity index (χ3n) is 7.56. The standard InChI is InChI=1S/C35H29N3O/c1-22-12-14-23(15-13-22)26-20-21-36-34-31(26)27-8-7-9-28(32(27)39-34)33-37-29-10-5-6-11-30(29)38(33)25-18-16-24(17-19-25)35(2,3)4/h5-21H,1-4H3. The Bertz CT molecular complexity index is 1990. The SMILES string of the molecule is Cc1ccc(-c2ccnc3oc4c(-c5nc6ccccc6n5-c5ccc(C(C)(C)C)cc5)cccc4c23)cc1. The zero-order valence-electron chi connectivity index (χ0n) is 22.6. The van der Waals surface area contributed by atoms with E-state index in [1.807, 2.05) is 12.3 Å². The van der Waals surface area contributed by atoms with E-state index < -0.39 is 0 Å². The van der Waals surface area contributed by atoms with Crippen LogP contribution in [0.4, 0.5) is 0 Å². The van der Waals surface area contributed by atoms with Gasteiger partial charge in [-0.1, -0.05) is 87.0 Å². The van der Waals surface area contributed by atoms with Crippen molar-refractivity contribution in [1.82, 2.24) is 14.5 Å². The van der Waals surface area contributed by atoms with Gasteiger partial charge in [0.2, 0.25) is 5.71 Å². The summed E-state index contributed by atoms with van der Waals surface area (Å²) in [6, 6.07) is 34.1. The molecule has 7 aromatic rings. The molecule has 39 heavy (non-hydrogen) atoms. The Morgan fingerprint density at radius 2 is 1.51 bits per heavy atom. The van der Waals surface area contributed by atoms with Gasteiger partial charge in [0.15, 0.2) is 0 Å². The van der Waals surface area contributed by atoms with E-state index in [0.717, 1.165) is 55.6 Å². The monoisotopic (exact) mass is 507 g/mol. The van der Waals surface area contributed by atoms with Gasteiger partial charge >= 0.3 is 0 Å². The summed E-state index contributed by atoms with van der Waals surface area (Å²) in [6.07, 6.45) is 1.82. The molecule has 0 radical (unpaired) electrons. The van der Waals surface area contributed by atoms with Gasteiger partial charge in [-0.3, -0.25) is 4.57 Å². The van der Waals surface area contributed by atoms with Crippen LogP contribution in [0.2, 0.25) is 0 Å². The van der Waals surface area contributed by atoms with Gasteiger partial charge in [-0.05, 0) is 65.4 Å². The minimum Gasteiger partial charge on any atom is -0.437 e. The van der Waals surface area contributed by atoms with Crippen molar-refractivity contribution in [3.8, 4) is 28.2 Å². The van der Waals surface area contributed by atoms with Gasteiger partial charge in [-0.25, -0.2) is 9.97 Å². The minimum atomic E-state index is 0.0837. The third-order valence-corrected chi connectivity index (χ3v) is 7.56. The van der Waals surface area contributed by atoms with Crippen LogP contribution in [0.15, 0.2) is 108 Å². The number of aromatic nitrogens is 3. The highest BCUT2D eigenvalue weighted by Crippen LogP contribution is 2.40. The Kier molecular flexibility index (Phi) is 5.21. The Morgan fingerprint density at radius 1 is 0.744 bits per heavy atom. The molecule has 0 aliphatic rings. The van der Waals surface area contributed by atoms with E-state index in [1.54, 1.807) is 0 Å². The smallest absolute Gasteiger partial charge is 0.227 e. The normalized spacial score (nSPS) is 12.1. The van der Waals surface area contributed by atoms with Crippen LogP contribution in [0.1, 0.15) is 31.9 Å². The number of nitrogens with zero attached hydrogens (tertiary/aromatic N) is 3. The topological polar surface area (TPSA) is 43.9 Å². The molecule has 4 nitrogen and oxygen atoms in total. The van der Waals surface area contributed by atoms with Crippen LogP contribution in [0.5, 0.6) is 0 Å². The quantitative estimate of drug-likeness (QED) is 0.239. The van der Waals surface area contributed by atoms with Crippen LogP contribution in [0.25, 0.3) is 61.3 Å². The average molecular weight is 508 g/mol. The molecule has 0 bridgehead atoms. The molecular formula is C35H29N3O. The van der Waals surface area contributed by atoms with E-state index in [0.29, 0.717) is 5.71 Å². The summed E-state index contributed by atoms with van der Waals surface area (Å²) in [6.45, 7) is 8.82. The van der Waals surface area contributed by atoms with Crippen LogP contribution in [-0.2, 0) is 5.41 Å². The molecule has 0 N–H and O–H groups in total. The molecule has 0 aliphatic heterocycles. The number of hydrogen-bond donors (Lipinski definition) is 0. The first-order valence-corrected chi connectivity index (χ1v) is 13.3. The lowest BCUT2D eigenvalue weighted by Gasteiger charge is -2.19. The first kappa shape index (κ1) is 23.4. The average Bonchev–Trinajstić information content (AvgIpc) is 3.52. The second-order valence-corrected chi connectivity index (χ2v) is 11.2. The Labute approximate surface area is 227 Å². The van der Waals surface area contributed by atoms with Crippen molar-refractivity contribution in [2.45, 2.75) is 33.1 Å². The van der Waals surface area contributed by atoms with Crippen molar-refractivity contribution < 1.29 is 4.42 Å². The zero-order valence-corrected chi connectivity index (χ0v) is 22.6. The van der Waals surface area contributed by atoms with Gasteiger partial charge in [-0.15, -0.1) is 0 Å². The molecule has 7 rings (SSSR count). The van der Waals surface area contributed by atoms with E-state index in [4.69, 9.17) is 9.40 Å². The first-order valence-electron chi connectivity index (χ1n) is 13.3. The maximum Gasteiger partial charge on any atom is 0.227 e. The van der Waals surface area contributed by atoms with Crippen LogP contribution >= 0.6 is 0 Å². The molecule has 190 valence electrons. The molecular weight excluding hydrogens is 478 g/mol. The first-order chi connectivity index (χ1) is 18.9. The number of hydrogen-bond acceptors (Lipinski definition) is 3. The van der Waals surface area contributed by atoms with Crippen molar-refractivity contribution in [2.75, 3.05) is 0 Å². The van der Waals surface area contributed by atoms with Crippen molar-refractivity contribution in [2.24, 2.45) is 0 Å². The summed E-state index contributed by atoms with van der Waals surface area (Å²) >= 11 is 0. The molecule has 0 saturated heterocycles. The number of pyridine rings is 1. The number of rotatable bonds is 3. The highest BCUT2D eigenvalue weighted by atomic mass is 16.3. The summed E-state index contributed by atoms with van der Waals surface area (Å²) in [5.41, 5.74) is 10.3. The van der Waals surface area contributed by atoms with Gasteiger partial charge < -0.3 is 4.42 Å². The second-order valence-electron chi connectivity index (χ2n) is 11.2. The number of imidazole rings is 1. The lowest BCUT2D eigenvalue weighted by atomic mass is 9.87. The van der Waals surface area contributed by atoms with Crippen LogP contribution in [-0.4, -0.2) is 14.5 Å². The largest absolute Gasteiger partial charge is 0.437 e. The van der Waals surface area contributed by atoms with Crippen LogP contribution in [0.3, 0.4) is 0 Å². The Hall–Kier alpha value is -4.70. The van der Waals surface area contributed by atoms with E-state index in [2.05, 4.69) is 128 Å². The summed E-state index contributed by atoms with van der Waals surface area (Å²) < 4.78 is 8.74. The molecule has 4 aromatic carbocycles. The van der Waals surface area contributed by atoms with Gasteiger partial charge in [0, 0.05) is 17.3 Å². The molecule has 0 spiro atoms.